The monoisotopic (exact) mass is 380 g/mol. The van der Waals surface area contributed by atoms with E-state index in [-0.39, 0.29) is 0 Å². The fourth-order valence-corrected chi connectivity index (χ4v) is 3.55. The van der Waals surface area contributed by atoms with Gasteiger partial charge >= 0.3 is 0 Å². The van der Waals surface area contributed by atoms with Gasteiger partial charge in [-0.3, -0.25) is 0 Å². The van der Waals surface area contributed by atoms with Crippen molar-refractivity contribution in [2.24, 2.45) is 0 Å². The van der Waals surface area contributed by atoms with Gasteiger partial charge in [-0.2, -0.15) is 0 Å². The van der Waals surface area contributed by atoms with Crippen LogP contribution in [-0.4, -0.2) is 5.11 Å². The number of hydrogen-bond donors (Lipinski definition) is 1. The van der Waals surface area contributed by atoms with Gasteiger partial charge in [0, 0.05) is 19.9 Å². The summed E-state index contributed by atoms with van der Waals surface area (Å²) in [7, 11) is 0. The molecular formula is C17H11BrCl2O. The average Bonchev–Trinajstić information content (AvgIpc) is 2.46. The third-order valence-electron chi connectivity index (χ3n) is 3.40. The Kier molecular flexibility index (Phi) is 4.23. The van der Waals surface area contributed by atoms with Crippen molar-refractivity contribution in [1.82, 2.24) is 0 Å². The van der Waals surface area contributed by atoms with E-state index in [1.807, 2.05) is 42.5 Å². The van der Waals surface area contributed by atoms with Gasteiger partial charge in [-0.1, -0.05) is 69.5 Å². The highest BCUT2D eigenvalue weighted by molar-refractivity contribution is 9.10. The molecule has 106 valence electrons. The molecule has 0 amide bonds. The number of benzene rings is 3. The van der Waals surface area contributed by atoms with Gasteiger partial charge in [0.2, 0.25) is 0 Å². The molecule has 0 aliphatic rings. The molecule has 0 saturated heterocycles. The predicted molar refractivity (Wildman–Crippen MR) is 92.2 cm³/mol. The molecule has 4 heteroatoms. The molecule has 21 heavy (non-hydrogen) atoms. The van der Waals surface area contributed by atoms with Crippen LogP contribution in [0.4, 0.5) is 0 Å². The van der Waals surface area contributed by atoms with Crippen LogP contribution in [-0.2, 0) is 0 Å². The Morgan fingerprint density at radius 2 is 1.62 bits per heavy atom. The lowest BCUT2D eigenvalue weighted by Gasteiger charge is -2.15. The van der Waals surface area contributed by atoms with E-state index < -0.39 is 6.10 Å². The number of halogens is 3. The fraction of sp³-hybridized carbons (Fsp3) is 0.0588. The summed E-state index contributed by atoms with van der Waals surface area (Å²) in [6.07, 6.45) is -0.762. The van der Waals surface area contributed by atoms with Crippen molar-refractivity contribution in [3.05, 3.63) is 80.2 Å². The Balaban J connectivity index is 2.18. The predicted octanol–water partition coefficient (Wildman–Crippen LogP) is 5.99. The minimum absolute atomic E-state index is 0.580. The van der Waals surface area contributed by atoms with Crippen LogP contribution in [0.1, 0.15) is 17.2 Å². The summed E-state index contributed by atoms with van der Waals surface area (Å²) in [4.78, 5) is 0. The van der Waals surface area contributed by atoms with Crippen LogP contribution in [0.25, 0.3) is 10.8 Å². The second kappa shape index (κ2) is 5.98. The van der Waals surface area contributed by atoms with Crippen LogP contribution in [0.5, 0.6) is 0 Å². The zero-order chi connectivity index (χ0) is 15.0. The van der Waals surface area contributed by atoms with Gasteiger partial charge in [-0.05, 0) is 40.8 Å². The molecule has 0 aliphatic carbocycles. The van der Waals surface area contributed by atoms with Crippen LogP contribution in [0, 0.1) is 0 Å². The first-order valence-corrected chi connectivity index (χ1v) is 7.92. The smallest absolute Gasteiger partial charge is 0.105 e. The van der Waals surface area contributed by atoms with Gasteiger partial charge in [-0.15, -0.1) is 0 Å². The highest BCUT2D eigenvalue weighted by Gasteiger charge is 2.15. The summed E-state index contributed by atoms with van der Waals surface area (Å²) in [5.41, 5.74) is 1.55. The maximum atomic E-state index is 10.7. The second-order valence-corrected chi connectivity index (χ2v) is 6.55. The average molecular weight is 382 g/mol. The summed E-state index contributed by atoms with van der Waals surface area (Å²) in [5.74, 6) is 0. The molecule has 0 bridgehead atoms. The molecule has 1 unspecified atom stereocenters. The zero-order valence-corrected chi connectivity index (χ0v) is 14.0. The molecule has 0 aromatic heterocycles. The maximum Gasteiger partial charge on any atom is 0.105 e. The summed E-state index contributed by atoms with van der Waals surface area (Å²) >= 11 is 15.7. The molecule has 0 spiro atoms. The number of fused-ring (bicyclic) bond motifs is 1. The standard InChI is InChI=1S/C17H11BrCl2O/c18-11-7-10(8-12(19)9-11)17(21)15-5-6-16(20)14-4-2-1-3-13(14)15/h1-9,17,21H. The molecule has 3 aromatic carbocycles. The highest BCUT2D eigenvalue weighted by Crippen LogP contribution is 2.34. The molecule has 1 nitrogen and oxygen atoms in total. The number of aliphatic hydroxyl groups excluding tert-OH is 1. The van der Waals surface area contributed by atoms with Gasteiger partial charge in [0.1, 0.15) is 6.10 Å². The first kappa shape index (κ1) is 14.9. The number of rotatable bonds is 2. The Hall–Kier alpha value is -1.06. The molecule has 1 N–H and O–H groups in total. The topological polar surface area (TPSA) is 20.2 Å². The van der Waals surface area contributed by atoms with E-state index in [9.17, 15) is 5.11 Å². The summed E-state index contributed by atoms with van der Waals surface area (Å²) < 4.78 is 0.835. The van der Waals surface area contributed by atoms with Crippen molar-refractivity contribution in [3.8, 4) is 0 Å². The lowest BCUT2D eigenvalue weighted by molar-refractivity contribution is 0.222. The van der Waals surface area contributed by atoms with Gasteiger partial charge in [0.15, 0.2) is 0 Å². The van der Waals surface area contributed by atoms with Crippen LogP contribution in [0.2, 0.25) is 10.0 Å². The molecule has 0 fully saturated rings. The summed E-state index contributed by atoms with van der Waals surface area (Å²) in [6, 6.07) is 16.8. The zero-order valence-electron chi connectivity index (χ0n) is 10.9. The maximum absolute atomic E-state index is 10.7. The molecule has 1 atom stereocenters. The van der Waals surface area contributed by atoms with Crippen molar-refractivity contribution in [2.45, 2.75) is 6.10 Å². The van der Waals surface area contributed by atoms with Crippen molar-refractivity contribution in [2.75, 3.05) is 0 Å². The Morgan fingerprint density at radius 1 is 0.905 bits per heavy atom. The summed E-state index contributed by atoms with van der Waals surface area (Å²) in [5, 5.41) is 13.8. The van der Waals surface area contributed by atoms with Crippen molar-refractivity contribution in [1.29, 1.82) is 0 Å². The van der Waals surface area contributed by atoms with Gasteiger partial charge < -0.3 is 5.11 Å². The van der Waals surface area contributed by atoms with E-state index in [0.29, 0.717) is 10.0 Å². The third kappa shape index (κ3) is 2.95. The molecule has 3 rings (SSSR count). The quantitative estimate of drug-likeness (QED) is 0.577. The molecule has 0 aliphatic heterocycles. The molecule has 0 saturated carbocycles. The largest absolute Gasteiger partial charge is 0.384 e. The Bertz CT molecular complexity index is 797. The SMILES string of the molecule is OC(c1cc(Cl)cc(Br)c1)c1ccc(Cl)c2ccccc12. The lowest BCUT2D eigenvalue weighted by atomic mass is 9.96. The van der Waals surface area contributed by atoms with Crippen LogP contribution >= 0.6 is 39.1 Å². The van der Waals surface area contributed by atoms with E-state index in [1.165, 1.54) is 0 Å². The molecular weight excluding hydrogens is 371 g/mol. The second-order valence-electron chi connectivity index (χ2n) is 4.79. The first-order chi connectivity index (χ1) is 10.1. The van der Waals surface area contributed by atoms with E-state index in [4.69, 9.17) is 23.2 Å². The molecule has 0 radical (unpaired) electrons. The fourth-order valence-electron chi connectivity index (χ4n) is 2.44. The van der Waals surface area contributed by atoms with E-state index in [2.05, 4.69) is 15.9 Å². The third-order valence-corrected chi connectivity index (χ3v) is 4.41. The summed E-state index contributed by atoms with van der Waals surface area (Å²) in [6.45, 7) is 0. The van der Waals surface area contributed by atoms with E-state index >= 15 is 0 Å². The van der Waals surface area contributed by atoms with Gasteiger partial charge in [0.25, 0.3) is 0 Å². The molecule has 0 heterocycles. The van der Waals surface area contributed by atoms with E-state index in [1.54, 1.807) is 12.1 Å². The van der Waals surface area contributed by atoms with Crippen LogP contribution < -0.4 is 0 Å². The normalized spacial score (nSPS) is 12.6. The van der Waals surface area contributed by atoms with Crippen molar-refractivity contribution >= 4 is 49.9 Å². The lowest BCUT2D eigenvalue weighted by Crippen LogP contribution is -2.01. The first-order valence-electron chi connectivity index (χ1n) is 6.37. The minimum atomic E-state index is -0.762. The van der Waals surface area contributed by atoms with Crippen molar-refractivity contribution < 1.29 is 5.11 Å². The van der Waals surface area contributed by atoms with Gasteiger partial charge in [0.05, 0.1) is 0 Å². The number of aliphatic hydroxyl groups is 1. The van der Waals surface area contributed by atoms with Crippen LogP contribution in [0.3, 0.4) is 0 Å². The Labute approximate surface area is 141 Å². The van der Waals surface area contributed by atoms with Crippen molar-refractivity contribution in [3.63, 3.8) is 0 Å². The Morgan fingerprint density at radius 3 is 2.33 bits per heavy atom. The van der Waals surface area contributed by atoms with E-state index in [0.717, 1.165) is 26.4 Å². The van der Waals surface area contributed by atoms with Gasteiger partial charge in [-0.25, -0.2) is 0 Å². The molecule has 3 aromatic rings. The minimum Gasteiger partial charge on any atom is -0.384 e. The number of hydrogen-bond acceptors (Lipinski definition) is 1. The van der Waals surface area contributed by atoms with Crippen LogP contribution in [0.15, 0.2) is 59.1 Å². The highest BCUT2D eigenvalue weighted by atomic mass is 79.9.